The third-order valence-electron chi connectivity index (χ3n) is 3.70. The van der Waals surface area contributed by atoms with E-state index < -0.39 is 0 Å². The van der Waals surface area contributed by atoms with Crippen LogP contribution in [0.5, 0.6) is 0 Å². The quantitative estimate of drug-likeness (QED) is 0.869. The molecule has 1 amide bonds. The predicted octanol–water partition coefficient (Wildman–Crippen LogP) is 1.73. The molecule has 1 aromatic rings. The SMILES string of the molecule is CC(Cc1ccc(F)cc1)NC(=O)C1CNCC1C. The Labute approximate surface area is 113 Å². The van der Waals surface area contributed by atoms with E-state index in [0.29, 0.717) is 5.92 Å². The van der Waals surface area contributed by atoms with Gasteiger partial charge in [-0.05, 0) is 43.5 Å². The van der Waals surface area contributed by atoms with Gasteiger partial charge in [-0.1, -0.05) is 19.1 Å². The summed E-state index contributed by atoms with van der Waals surface area (Å²) in [6.45, 7) is 5.74. The van der Waals surface area contributed by atoms with Gasteiger partial charge in [0.25, 0.3) is 0 Å². The lowest BCUT2D eigenvalue weighted by molar-refractivity contribution is -0.126. The lowest BCUT2D eigenvalue weighted by Crippen LogP contribution is -2.40. The Balaban J connectivity index is 1.85. The Hall–Kier alpha value is -1.42. The monoisotopic (exact) mass is 264 g/mol. The Morgan fingerprint density at radius 2 is 2.11 bits per heavy atom. The van der Waals surface area contributed by atoms with Crippen LogP contribution < -0.4 is 10.6 Å². The first-order valence-corrected chi connectivity index (χ1v) is 6.82. The highest BCUT2D eigenvalue weighted by Crippen LogP contribution is 2.16. The van der Waals surface area contributed by atoms with E-state index in [1.54, 1.807) is 12.1 Å². The van der Waals surface area contributed by atoms with E-state index in [1.807, 2.05) is 6.92 Å². The number of carbonyl (C=O) groups excluding carboxylic acids is 1. The van der Waals surface area contributed by atoms with Crippen molar-refractivity contribution in [3.05, 3.63) is 35.6 Å². The highest BCUT2D eigenvalue weighted by Gasteiger charge is 2.29. The van der Waals surface area contributed by atoms with Gasteiger partial charge in [-0.15, -0.1) is 0 Å². The van der Waals surface area contributed by atoms with Crippen LogP contribution in [0.15, 0.2) is 24.3 Å². The molecule has 0 spiro atoms. The highest BCUT2D eigenvalue weighted by molar-refractivity contribution is 5.79. The second-order valence-electron chi connectivity index (χ2n) is 5.48. The summed E-state index contributed by atoms with van der Waals surface area (Å²) in [6, 6.07) is 6.49. The van der Waals surface area contributed by atoms with Crippen LogP contribution in [0.4, 0.5) is 4.39 Å². The van der Waals surface area contributed by atoms with Gasteiger partial charge < -0.3 is 10.6 Å². The van der Waals surface area contributed by atoms with Crippen LogP contribution in [-0.4, -0.2) is 25.0 Å². The normalized spacial score (nSPS) is 24.2. The van der Waals surface area contributed by atoms with Crippen molar-refractivity contribution in [2.24, 2.45) is 11.8 Å². The van der Waals surface area contributed by atoms with Crippen molar-refractivity contribution in [1.82, 2.24) is 10.6 Å². The zero-order valence-electron chi connectivity index (χ0n) is 11.4. The van der Waals surface area contributed by atoms with Crippen molar-refractivity contribution in [3.8, 4) is 0 Å². The van der Waals surface area contributed by atoms with Crippen molar-refractivity contribution >= 4 is 5.91 Å². The molecular weight excluding hydrogens is 243 g/mol. The van der Waals surface area contributed by atoms with E-state index in [2.05, 4.69) is 17.6 Å². The molecule has 0 aromatic heterocycles. The molecule has 2 rings (SSSR count). The minimum atomic E-state index is -0.230. The Kier molecular flexibility index (Phi) is 4.53. The number of carbonyl (C=O) groups is 1. The molecule has 2 N–H and O–H groups in total. The molecule has 0 aliphatic carbocycles. The number of amides is 1. The molecule has 0 radical (unpaired) electrons. The number of nitrogens with one attached hydrogen (secondary N) is 2. The van der Waals surface area contributed by atoms with Gasteiger partial charge >= 0.3 is 0 Å². The third-order valence-corrected chi connectivity index (χ3v) is 3.70. The first-order chi connectivity index (χ1) is 9.06. The summed E-state index contributed by atoms with van der Waals surface area (Å²) in [4.78, 5) is 12.1. The molecule has 19 heavy (non-hydrogen) atoms. The molecule has 1 aromatic carbocycles. The van der Waals surface area contributed by atoms with Gasteiger partial charge in [-0.2, -0.15) is 0 Å². The van der Waals surface area contributed by atoms with Crippen molar-refractivity contribution in [2.75, 3.05) is 13.1 Å². The van der Waals surface area contributed by atoms with Crippen LogP contribution >= 0.6 is 0 Å². The predicted molar refractivity (Wildman–Crippen MR) is 73.2 cm³/mol. The van der Waals surface area contributed by atoms with E-state index in [4.69, 9.17) is 0 Å². The molecule has 1 saturated heterocycles. The van der Waals surface area contributed by atoms with Crippen LogP contribution in [-0.2, 0) is 11.2 Å². The molecule has 0 bridgehead atoms. The van der Waals surface area contributed by atoms with E-state index in [1.165, 1.54) is 12.1 Å². The lowest BCUT2D eigenvalue weighted by Gasteiger charge is -2.19. The van der Waals surface area contributed by atoms with Crippen LogP contribution in [0.2, 0.25) is 0 Å². The van der Waals surface area contributed by atoms with Crippen molar-refractivity contribution in [2.45, 2.75) is 26.3 Å². The number of halogens is 1. The van der Waals surface area contributed by atoms with E-state index in [0.717, 1.165) is 25.1 Å². The molecule has 0 saturated carbocycles. The molecule has 1 aliphatic rings. The molecule has 3 atom stereocenters. The number of rotatable bonds is 4. The molecular formula is C15H21FN2O. The fraction of sp³-hybridized carbons (Fsp3) is 0.533. The average molecular weight is 264 g/mol. The Morgan fingerprint density at radius 3 is 2.68 bits per heavy atom. The summed E-state index contributed by atoms with van der Waals surface area (Å²) < 4.78 is 12.8. The smallest absolute Gasteiger partial charge is 0.224 e. The Morgan fingerprint density at radius 1 is 1.42 bits per heavy atom. The minimum absolute atomic E-state index is 0.0609. The van der Waals surface area contributed by atoms with Gasteiger partial charge in [0.15, 0.2) is 0 Å². The maximum Gasteiger partial charge on any atom is 0.224 e. The van der Waals surface area contributed by atoms with Crippen LogP contribution in [0, 0.1) is 17.7 Å². The van der Waals surface area contributed by atoms with Gasteiger partial charge in [0, 0.05) is 12.6 Å². The van der Waals surface area contributed by atoms with Gasteiger partial charge in [-0.25, -0.2) is 4.39 Å². The lowest BCUT2D eigenvalue weighted by atomic mass is 9.96. The standard InChI is InChI=1S/C15H21FN2O/c1-10-8-17-9-14(10)15(19)18-11(2)7-12-3-5-13(16)6-4-12/h3-6,10-11,14,17H,7-9H2,1-2H3,(H,18,19). The third kappa shape index (κ3) is 3.77. The number of hydrogen-bond acceptors (Lipinski definition) is 2. The number of benzene rings is 1. The fourth-order valence-corrected chi connectivity index (χ4v) is 2.54. The summed E-state index contributed by atoms with van der Waals surface area (Å²) >= 11 is 0. The van der Waals surface area contributed by atoms with Crippen LogP contribution in [0.3, 0.4) is 0 Å². The molecule has 1 heterocycles. The van der Waals surface area contributed by atoms with Crippen LogP contribution in [0.1, 0.15) is 19.4 Å². The number of hydrogen-bond donors (Lipinski definition) is 2. The van der Waals surface area contributed by atoms with Crippen molar-refractivity contribution in [3.63, 3.8) is 0 Å². The Bertz CT molecular complexity index is 432. The van der Waals surface area contributed by atoms with E-state index in [9.17, 15) is 9.18 Å². The zero-order valence-corrected chi connectivity index (χ0v) is 11.4. The molecule has 4 heteroatoms. The average Bonchev–Trinajstić information content (AvgIpc) is 2.78. The van der Waals surface area contributed by atoms with Gasteiger partial charge in [0.05, 0.1) is 5.92 Å². The van der Waals surface area contributed by atoms with Crippen LogP contribution in [0.25, 0.3) is 0 Å². The largest absolute Gasteiger partial charge is 0.353 e. The molecule has 1 aliphatic heterocycles. The first-order valence-electron chi connectivity index (χ1n) is 6.82. The molecule has 3 unspecified atom stereocenters. The summed E-state index contributed by atoms with van der Waals surface area (Å²) in [5.41, 5.74) is 1.03. The molecule has 104 valence electrons. The van der Waals surface area contributed by atoms with Crippen molar-refractivity contribution in [1.29, 1.82) is 0 Å². The van der Waals surface area contributed by atoms with E-state index in [-0.39, 0.29) is 23.7 Å². The zero-order chi connectivity index (χ0) is 13.8. The summed E-state index contributed by atoms with van der Waals surface area (Å²) in [6.07, 6.45) is 0.723. The van der Waals surface area contributed by atoms with Gasteiger partial charge in [0.2, 0.25) is 5.91 Å². The second-order valence-corrected chi connectivity index (χ2v) is 5.48. The topological polar surface area (TPSA) is 41.1 Å². The van der Waals surface area contributed by atoms with E-state index >= 15 is 0 Å². The fourth-order valence-electron chi connectivity index (χ4n) is 2.54. The maximum absolute atomic E-state index is 12.8. The second kappa shape index (κ2) is 6.15. The minimum Gasteiger partial charge on any atom is -0.353 e. The molecule has 1 fully saturated rings. The summed E-state index contributed by atoms with van der Waals surface area (Å²) in [5.74, 6) is 0.340. The van der Waals surface area contributed by atoms with Gasteiger partial charge in [0.1, 0.15) is 5.82 Å². The van der Waals surface area contributed by atoms with Crippen molar-refractivity contribution < 1.29 is 9.18 Å². The summed E-state index contributed by atoms with van der Waals surface area (Å²) in [5, 5.41) is 6.27. The van der Waals surface area contributed by atoms with Gasteiger partial charge in [-0.3, -0.25) is 4.79 Å². The highest BCUT2D eigenvalue weighted by atomic mass is 19.1. The summed E-state index contributed by atoms with van der Waals surface area (Å²) in [7, 11) is 0. The first kappa shape index (κ1) is 14.0. The maximum atomic E-state index is 12.8. The molecule has 3 nitrogen and oxygen atoms in total.